The van der Waals surface area contributed by atoms with E-state index in [0.29, 0.717) is 34.6 Å². The number of hydrogen-bond donors (Lipinski definition) is 1. The van der Waals surface area contributed by atoms with E-state index in [1.807, 2.05) is 85.1 Å². The number of aromatic hydroxyl groups is 1. The summed E-state index contributed by atoms with van der Waals surface area (Å²) < 4.78 is 19.5. The van der Waals surface area contributed by atoms with Crippen LogP contribution in [0.2, 0.25) is 0 Å². The summed E-state index contributed by atoms with van der Waals surface area (Å²) >= 11 is 0. The third-order valence-corrected chi connectivity index (χ3v) is 11.3. The molecule has 0 atom stereocenters. The van der Waals surface area contributed by atoms with Crippen molar-refractivity contribution in [2.75, 3.05) is 0 Å². The minimum absolute atomic E-state index is 0. The number of aromatic nitrogens is 2. The van der Waals surface area contributed by atoms with Gasteiger partial charge in [-0.05, 0) is 114 Å². The van der Waals surface area contributed by atoms with Crippen LogP contribution in [0.5, 0.6) is 5.75 Å². The van der Waals surface area contributed by atoms with Crippen LogP contribution in [0.15, 0.2) is 164 Å². The molecule has 0 amide bonds. The van der Waals surface area contributed by atoms with Crippen molar-refractivity contribution >= 4 is 0 Å². The summed E-state index contributed by atoms with van der Waals surface area (Å²) in [6.45, 7) is 19.7. The average Bonchev–Trinajstić information content (AvgIpc) is 3.25. The number of para-hydroxylation sites is 1. The van der Waals surface area contributed by atoms with Gasteiger partial charge in [0.15, 0.2) is 0 Å². The molecule has 0 saturated heterocycles. The molecule has 0 aliphatic rings. The Labute approximate surface area is 386 Å². The van der Waals surface area contributed by atoms with Gasteiger partial charge in [-0.3, -0.25) is 9.97 Å². The SMILES string of the molecule is [2H]c1c(-c2ccccc2)c(-c2ccnc(-c3[c-]c(-c4cc(-c5cc(C(C)(C)C)cc(C(C)(C)C)c5)cc(-c5ccccc5O)n4)ccc3)c2)c(-c2ccccc2)c([2H])c1C(C)(C)C.[Pt]. The van der Waals surface area contributed by atoms with E-state index < -0.39 is 5.41 Å². The quantitative estimate of drug-likeness (QED) is 0.162. The first-order valence-corrected chi connectivity index (χ1v) is 21.1. The predicted octanol–water partition coefficient (Wildman–Crippen LogP) is 15.5. The van der Waals surface area contributed by atoms with Crippen molar-refractivity contribution in [2.24, 2.45) is 0 Å². The van der Waals surface area contributed by atoms with Crippen LogP contribution in [0, 0.1) is 6.07 Å². The Hall–Kier alpha value is -5.89. The maximum Gasteiger partial charge on any atom is 0.124 e. The molecule has 314 valence electrons. The second-order valence-corrected chi connectivity index (χ2v) is 19.1. The monoisotopic (exact) mass is 992 g/mol. The Bertz CT molecular complexity index is 2880. The molecule has 0 aliphatic carbocycles. The zero-order valence-electron chi connectivity index (χ0n) is 39.1. The van der Waals surface area contributed by atoms with Crippen LogP contribution < -0.4 is 0 Å². The number of rotatable bonds is 7. The molecule has 0 bridgehead atoms. The zero-order chi connectivity index (χ0) is 44.8. The molecule has 0 aliphatic heterocycles. The first-order valence-electron chi connectivity index (χ1n) is 22.1. The maximum atomic E-state index is 11.1. The van der Waals surface area contributed by atoms with Crippen LogP contribution >= 0.6 is 0 Å². The molecule has 1 N–H and O–H groups in total. The zero-order valence-corrected chi connectivity index (χ0v) is 39.4. The van der Waals surface area contributed by atoms with Gasteiger partial charge in [0.05, 0.1) is 8.44 Å². The van der Waals surface area contributed by atoms with Crippen LogP contribution in [0.25, 0.3) is 78.3 Å². The average molecular weight is 993 g/mol. The second kappa shape index (κ2) is 17.5. The van der Waals surface area contributed by atoms with E-state index in [1.165, 1.54) is 11.1 Å². The van der Waals surface area contributed by atoms with Crippen molar-refractivity contribution in [1.29, 1.82) is 0 Å². The fourth-order valence-corrected chi connectivity index (χ4v) is 7.66. The van der Waals surface area contributed by atoms with Gasteiger partial charge in [-0.25, -0.2) is 0 Å². The molecule has 0 unspecified atom stereocenters. The van der Waals surface area contributed by atoms with Gasteiger partial charge in [-0.15, -0.1) is 24.3 Å². The summed E-state index contributed by atoms with van der Waals surface area (Å²) in [7, 11) is 0. The van der Waals surface area contributed by atoms with Gasteiger partial charge in [0.25, 0.3) is 0 Å². The van der Waals surface area contributed by atoms with Crippen molar-refractivity contribution < 1.29 is 28.9 Å². The molecule has 2 aromatic heterocycles. The van der Waals surface area contributed by atoms with E-state index in [2.05, 4.69) is 129 Å². The Balaban J connectivity index is 0.00000612. The topological polar surface area (TPSA) is 46.0 Å². The van der Waals surface area contributed by atoms with Gasteiger partial charge in [0.1, 0.15) is 5.75 Å². The van der Waals surface area contributed by atoms with Crippen LogP contribution in [0.4, 0.5) is 0 Å². The molecule has 4 heteroatoms. The van der Waals surface area contributed by atoms with Crippen molar-refractivity contribution in [1.82, 2.24) is 9.97 Å². The molecular formula is C58H55N2OPt-. The molecule has 62 heavy (non-hydrogen) atoms. The molecular weight excluding hydrogens is 936 g/mol. The Morgan fingerprint density at radius 2 is 0.935 bits per heavy atom. The summed E-state index contributed by atoms with van der Waals surface area (Å²) in [6, 6.07) is 53.1. The molecule has 8 rings (SSSR count). The third-order valence-electron chi connectivity index (χ3n) is 11.3. The van der Waals surface area contributed by atoms with E-state index in [4.69, 9.17) is 9.97 Å². The summed E-state index contributed by atoms with van der Waals surface area (Å²) in [5, 5.41) is 11.1. The number of phenolic OH excluding ortho intramolecular Hbond substituents is 1. The molecule has 0 saturated carbocycles. The van der Waals surface area contributed by atoms with Gasteiger partial charge in [-0.2, -0.15) is 0 Å². The summed E-state index contributed by atoms with van der Waals surface area (Å²) in [6.07, 6.45) is 1.81. The molecule has 0 radical (unpaired) electrons. The standard InChI is InChI=1S/C58H55N2O.Pt/c1-56(2,3)45-30-43(31-46(35-45)57(4,5)6)44-33-52(60-53(34-44)48-25-16-17-26-54(48)61)41-24-18-23-40(29-41)51-32-42(27-28-59-51)55-49(38-19-12-10-13-20-38)36-47(58(7,8)9)37-50(55)39-21-14-11-15-22-39;/h10-28,30-37,61H,1-9H3;/q-1;/i36D,37D;. The Morgan fingerprint density at radius 1 is 0.452 bits per heavy atom. The molecule has 3 nitrogen and oxygen atoms in total. The normalized spacial score (nSPS) is 12.3. The van der Waals surface area contributed by atoms with E-state index in [9.17, 15) is 7.85 Å². The Kier molecular flexibility index (Phi) is 11.7. The van der Waals surface area contributed by atoms with Crippen molar-refractivity contribution in [3.8, 4) is 84.0 Å². The van der Waals surface area contributed by atoms with Crippen LogP contribution in [-0.4, -0.2) is 15.1 Å². The minimum atomic E-state index is -0.451. The van der Waals surface area contributed by atoms with Crippen LogP contribution in [-0.2, 0) is 37.3 Å². The number of phenols is 1. The third kappa shape index (κ3) is 9.45. The van der Waals surface area contributed by atoms with Gasteiger partial charge in [0, 0.05) is 44.2 Å². The van der Waals surface area contributed by atoms with E-state index >= 15 is 0 Å². The number of hydrogen-bond acceptors (Lipinski definition) is 3. The number of benzene rings is 6. The summed E-state index contributed by atoms with van der Waals surface area (Å²) in [4.78, 5) is 10.1. The van der Waals surface area contributed by atoms with Gasteiger partial charge in [0.2, 0.25) is 0 Å². The first kappa shape index (κ1) is 41.5. The first-order chi connectivity index (χ1) is 29.9. The number of pyridine rings is 2. The van der Waals surface area contributed by atoms with Gasteiger partial charge >= 0.3 is 0 Å². The van der Waals surface area contributed by atoms with E-state index in [1.54, 1.807) is 6.07 Å². The minimum Gasteiger partial charge on any atom is -0.507 e. The van der Waals surface area contributed by atoms with Crippen molar-refractivity contribution in [3.63, 3.8) is 0 Å². The van der Waals surface area contributed by atoms with Crippen molar-refractivity contribution in [2.45, 2.75) is 78.6 Å². The second-order valence-electron chi connectivity index (χ2n) is 19.1. The molecule has 0 fully saturated rings. The van der Waals surface area contributed by atoms with E-state index in [0.717, 1.165) is 61.3 Å². The fourth-order valence-electron chi connectivity index (χ4n) is 7.66. The predicted molar refractivity (Wildman–Crippen MR) is 257 cm³/mol. The maximum absolute atomic E-state index is 11.1. The smallest absolute Gasteiger partial charge is 0.124 e. The number of nitrogens with zero attached hydrogens (tertiary/aromatic N) is 2. The van der Waals surface area contributed by atoms with Gasteiger partial charge < -0.3 is 5.11 Å². The largest absolute Gasteiger partial charge is 0.507 e. The molecule has 0 spiro atoms. The van der Waals surface area contributed by atoms with Gasteiger partial charge in [-0.1, -0.05) is 177 Å². The fraction of sp³-hybridized carbons (Fsp3) is 0.207. The summed E-state index contributed by atoms with van der Waals surface area (Å²) in [5.41, 5.74) is 14.1. The van der Waals surface area contributed by atoms with E-state index in [-0.39, 0.29) is 37.6 Å². The Morgan fingerprint density at radius 3 is 1.48 bits per heavy atom. The molecule has 6 aromatic carbocycles. The van der Waals surface area contributed by atoms with Crippen LogP contribution in [0.1, 0.15) is 81.7 Å². The van der Waals surface area contributed by atoms with Crippen molar-refractivity contribution in [3.05, 3.63) is 187 Å². The van der Waals surface area contributed by atoms with Crippen LogP contribution in [0.3, 0.4) is 0 Å². The molecule has 2 heterocycles. The molecule has 8 aromatic rings. The summed E-state index contributed by atoms with van der Waals surface area (Å²) in [5.74, 6) is 0.164.